The van der Waals surface area contributed by atoms with E-state index in [2.05, 4.69) is 9.72 Å². The Morgan fingerprint density at radius 2 is 2.10 bits per heavy atom. The Hall–Kier alpha value is -2.56. The number of aliphatic carboxylic acids is 1. The Balaban J connectivity index is 2.08. The van der Waals surface area contributed by atoms with Gasteiger partial charge in [-0.15, -0.1) is 0 Å². The van der Waals surface area contributed by atoms with Crippen LogP contribution in [0.5, 0.6) is 0 Å². The van der Waals surface area contributed by atoms with Gasteiger partial charge in [0.25, 0.3) is 0 Å². The number of aryl methyl sites for hydroxylation is 2. The van der Waals surface area contributed by atoms with Gasteiger partial charge in [-0.1, -0.05) is 23.4 Å². The zero-order chi connectivity index (χ0) is 15.0. The van der Waals surface area contributed by atoms with Crippen LogP contribution in [0.1, 0.15) is 22.6 Å². The second kappa shape index (κ2) is 5.09. The Morgan fingerprint density at radius 1 is 1.33 bits per heavy atom. The molecule has 0 aliphatic carbocycles. The van der Waals surface area contributed by atoms with E-state index < -0.39 is 5.97 Å². The molecule has 0 unspecified atom stereocenters. The summed E-state index contributed by atoms with van der Waals surface area (Å²) in [5, 5.41) is 14.0. The van der Waals surface area contributed by atoms with Gasteiger partial charge in [0, 0.05) is 22.7 Å². The van der Waals surface area contributed by atoms with Crippen LogP contribution < -0.4 is 0 Å². The van der Waals surface area contributed by atoms with Crippen LogP contribution in [0.4, 0.5) is 0 Å². The SMILES string of the molecule is Cc1noc(C)c1Cn1cc(CC(=O)O)c2ccccc21. The van der Waals surface area contributed by atoms with Crippen molar-refractivity contribution in [3.63, 3.8) is 0 Å². The number of benzene rings is 1. The largest absolute Gasteiger partial charge is 0.481 e. The number of carboxylic acid groups (broad SMARTS) is 1. The van der Waals surface area contributed by atoms with Crippen LogP contribution in [-0.2, 0) is 17.8 Å². The number of carbonyl (C=O) groups is 1. The first-order valence-electron chi connectivity index (χ1n) is 6.76. The molecule has 0 bridgehead atoms. The minimum absolute atomic E-state index is 0.0229. The molecule has 0 radical (unpaired) electrons. The fourth-order valence-corrected chi connectivity index (χ4v) is 2.66. The highest BCUT2D eigenvalue weighted by atomic mass is 16.5. The molecular weight excluding hydrogens is 268 g/mol. The molecule has 2 aromatic heterocycles. The zero-order valence-electron chi connectivity index (χ0n) is 12.0. The maximum atomic E-state index is 11.0. The Labute approximate surface area is 121 Å². The van der Waals surface area contributed by atoms with Gasteiger partial charge in [-0.25, -0.2) is 0 Å². The normalized spacial score (nSPS) is 11.1. The van der Waals surface area contributed by atoms with Crippen molar-refractivity contribution in [2.45, 2.75) is 26.8 Å². The quantitative estimate of drug-likeness (QED) is 0.799. The number of nitrogens with zero attached hydrogens (tertiary/aromatic N) is 2. The summed E-state index contributed by atoms with van der Waals surface area (Å²) in [5.74, 6) is -0.0275. The van der Waals surface area contributed by atoms with Gasteiger partial charge in [0.2, 0.25) is 0 Å². The molecule has 108 valence electrons. The highest BCUT2D eigenvalue weighted by Crippen LogP contribution is 2.24. The van der Waals surface area contributed by atoms with Crippen molar-refractivity contribution in [2.24, 2.45) is 0 Å². The molecule has 2 heterocycles. The third-order valence-electron chi connectivity index (χ3n) is 3.72. The summed E-state index contributed by atoms with van der Waals surface area (Å²) in [6, 6.07) is 7.83. The van der Waals surface area contributed by atoms with E-state index in [1.807, 2.05) is 44.3 Å². The van der Waals surface area contributed by atoms with E-state index in [0.717, 1.165) is 33.5 Å². The summed E-state index contributed by atoms with van der Waals surface area (Å²) in [6.45, 7) is 4.43. The molecule has 0 spiro atoms. The van der Waals surface area contributed by atoms with Gasteiger partial charge in [0.1, 0.15) is 5.76 Å². The molecule has 0 saturated carbocycles. The minimum Gasteiger partial charge on any atom is -0.481 e. The molecular formula is C16H16N2O3. The monoisotopic (exact) mass is 284 g/mol. The van der Waals surface area contributed by atoms with Crippen molar-refractivity contribution < 1.29 is 14.4 Å². The third-order valence-corrected chi connectivity index (χ3v) is 3.72. The van der Waals surface area contributed by atoms with E-state index in [1.54, 1.807) is 0 Å². The lowest BCUT2D eigenvalue weighted by molar-refractivity contribution is -0.136. The summed E-state index contributed by atoms with van der Waals surface area (Å²) in [4.78, 5) is 11.0. The van der Waals surface area contributed by atoms with Gasteiger partial charge < -0.3 is 14.2 Å². The van der Waals surface area contributed by atoms with E-state index in [4.69, 9.17) is 9.63 Å². The fourth-order valence-electron chi connectivity index (χ4n) is 2.66. The number of rotatable bonds is 4. The number of carboxylic acids is 1. The molecule has 1 aromatic carbocycles. The van der Waals surface area contributed by atoms with Crippen LogP contribution in [0.3, 0.4) is 0 Å². The molecule has 3 aromatic rings. The molecule has 21 heavy (non-hydrogen) atoms. The number of hydrogen-bond acceptors (Lipinski definition) is 3. The van der Waals surface area contributed by atoms with E-state index in [1.165, 1.54) is 0 Å². The summed E-state index contributed by atoms with van der Waals surface area (Å²) < 4.78 is 7.25. The first-order chi connectivity index (χ1) is 10.1. The van der Waals surface area contributed by atoms with Crippen molar-refractivity contribution in [1.82, 2.24) is 9.72 Å². The third kappa shape index (κ3) is 2.42. The van der Waals surface area contributed by atoms with Crippen molar-refractivity contribution in [2.75, 3.05) is 0 Å². The average Bonchev–Trinajstić information content (AvgIpc) is 2.94. The van der Waals surface area contributed by atoms with Gasteiger partial charge >= 0.3 is 5.97 Å². The van der Waals surface area contributed by atoms with Crippen molar-refractivity contribution in [3.05, 3.63) is 53.0 Å². The maximum Gasteiger partial charge on any atom is 0.307 e. The lowest BCUT2D eigenvalue weighted by Gasteiger charge is -2.04. The Bertz CT molecular complexity index is 795. The molecule has 0 atom stereocenters. The van der Waals surface area contributed by atoms with Gasteiger partial charge in [-0.3, -0.25) is 4.79 Å². The minimum atomic E-state index is -0.824. The number of fused-ring (bicyclic) bond motifs is 1. The Kier molecular flexibility index (Phi) is 3.25. The lowest BCUT2D eigenvalue weighted by Crippen LogP contribution is -2.01. The molecule has 0 fully saturated rings. The summed E-state index contributed by atoms with van der Waals surface area (Å²) >= 11 is 0. The van der Waals surface area contributed by atoms with Gasteiger partial charge in [-0.05, 0) is 25.5 Å². The summed E-state index contributed by atoms with van der Waals surface area (Å²) in [5.41, 5.74) is 3.75. The van der Waals surface area contributed by atoms with E-state index in [0.29, 0.717) is 6.54 Å². The summed E-state index contributed by atoms with van der Waals surface area (Å²) in [6.07, 6.45) is 1.93. The fraction of sp³-hybridized carbons (Fsp3) is 0.250. The summed E-state index contributed by atoms with van der Waals surface area (Å²) in [7, 11) is 0. The van der Waals surface area contributed by atoms with Crippen LogP contribution in [0.15, 0.2) is 35.0 Å². The highest BCUT2D eigenvalue weighted by molar-refractivity contribution is 5.87. The standard InChI is InChI=1S/C16H16N2O3/c1-10-14(11(2)21-17-10)9-18-8-12(7-16(19)20)13-5-3-4-6-15(13)18/h3-6,8H,7,9H2,1-2H3,(H,19,20). The van der Waals surface area contributed by atoms with Crippen molar-refractivity contribution >= 4 is 16.9 Å². The predicted molar refractivity (Wildman–Crippen MR) is 78.4 cm³/mol. The van der Waals surface area contributed by atoms with Crippen LogP contribution in [0, 0.1) is 13.8 Å². The molecule has 0 saturated heterocycles. The molecule has 0 aliphatic rings. The highest BCUT2D eigenvalue weighted by Gasteiger charge is 2.14. The van der Waals surface area contributed by atoms with Crippen molar-refractivity contribution in [1.29, 1.82) is 0 Å². The van der Waals surface area contributed by atoms with Gasteiger partial charge in [0.15, 0.2) is 0 Å². The number of hydrogen-bond donors (Lipinski definition) is 1. The van der Waals surface area contributed by atoms with Crippen LogP contribution in [0.25, 0.3) is 10.9 Å². The van der Waals surface area contributed by atoms with E-state index in [-0.39, 0.29) is 6.42 Å². The average molecular weight is 284 g/mol. The molecule has 1 N–H and O–H groups in total. The second-order valence-corrected chi connectivity index (χ2v) is 5.17. The molecule has 0 amide bonds. The first kappa shape index (κ1) is 13.4. The molecule has 5 nitrogen and oxygen atoms in total. The Morgan fingerprint density at radius 3 is 2.76 bits per heavy atom. The lowest BCUT2D eigenvalue weighted by atomic mass is 10.1. The van der Waals surface area contributed by atoms with E-state index in [9.17, 15) is 4.79 Å². The maximum absolute atomic E-state index is 11.0. The van der Waals surface area contributed by atoms with Gasteiger partial charge in [-0.2, -0.15) is 0 Å². The van der Waals surface area contributed by atoms with Crippen LogP contribution in [0.2, 0.25) is 0 Å². The number of para-hydroxylation sites is 1. The molecule has 5 heteroatoms. The number of aromatic nitrogens is 2. The predicted octanol–water partition coefficient (Wildman–Crippen LogP) is 2.92. The molecule has 0 aliphatic heterocycles. The van der Waals surface area contributed by atoms with E-state index >= 15 is 0 Å². The van der Waals surface area contributed by atoms with Crippen LogP contribution in [-0.4, -0.2) is 20.8 Å². The molecule has 3 rings (SSSR count). The van der Waals surface area contributed by atoms with Crippen LogP contribution >= 0.6 is 0 Å². The second-order valence-electron chi connectivity index (χ2n) is 5.17. The smallest absolute Gasteiger partial charge is 0.307 e. The zero-order valence-corrected chi connectivity index (χ0v) is 12.0. The topological polar surface area (TPSA) is 68.3 Å². The van der Waals surface area contributed by atoms with Crippen molar-refractivity contribution in [3.8, 4) is 0 Å². The van der Waals surface area contributed by atoms with Gasteiger partial charge in [0.05, 0.1) is 18.7 Å². The first-order valence-corrected chi connectivity index (χ1v) is 6.76.